The van der Waals surface area contributed by atoms with E-state index < -0.39 is 0 Å². The van der Waals surface area contributed by atoms with Crippen LogP contribution in [-0.4, -0.2) is 31.1 Å². The van der Waals surface area contributed by atoms with Gasteiger partial charge in [0.05, 0.1) is 0 Å². The Bertz CT molecular complexity index is 271. The molecule has 1 fully saturated rings. The molecule has 1 saturated heterocycles. The van der Waals surface area contributed by atoms with Crippen LogP contribution in [0.2, 0.25) is 0 Å². The Kier molecular flexibility index (Phi) is 3.17. The molecule has 0 saturated carbocycles. The molecule has 2 heteroatoms. The zero-order chi connectivity index (χ0) is 9.80. The second kappa shape index (κ2) is 4.58. The number of nitrogens with two attached hydrogens (primary N) is 1. The van der Waals surface area contributed by atoms with Crippen LogP contribution in [0.5, 0.6) is 0 Å². The lowest BCUT2D eigenvalue weighted by atomic mass is 9.99. The summed E-state index contributed by atoms with van der Waals surface area (Å²) in [7, 11) is 0. The maximum atomic E-state index is 5.55. The highest BCUT2D eigenvalue weighted by Gasteiger charge is 2.22. The molecule has 0 amide bonds. The smallest absolute Gasteiger partial charge is 0.0105 e. The summed E-state index contributed by atoms with van der Waals surface area (Å²) < 4.78 is 0. The lowest BCUT2D eigenvalue weighted by Crippen LogP contribution is -2.26. The summed E-state index contributed by atoms with van der Waals surface area (Å²) >= 11 is 0. The molecule has 0 bridgehead atoms. The molecule has 14 heavy (non-hydrogen) atoms. The van der Waals surface area contributed by atoms with Gasteiger partial charge in [-0.15, -0.1) is 0 Å². The Labute approximate surface area is 85.7 Å². The van der Waals surface area contributed by atoms with Crippen molar-refractivity contribution in [3.05, 3.63) is 35.9 Å². The maximum absolute atomic E-state index is 5.55. The summed E-state index contributed by atoms with van der Waals surface area (Å²) in [6, 6.07) is 10.8. The van der Waals surface area contributed by atoms with Gasteiger partial charge in [-0.05, 0) is 24.4 Å². The standard InChI is InChI=1S/C12H18N2/c13-7-9-14-8-6-12(10-14)11-4-2-1-3-5-11/h1-5,12H,6-10,13H2/t12-/m0/s1. The van der Waals surface area contributed by atoms with E-state index in [1.807, 2.05) is 0 Å². The third kappa shape index (κ3) is 2.14. The largest absolute Gasteiger partial charge is 0.329 e. The van der Waals surface area contributed by atoms with Crippen molar-refractivity contribution in [2.75, 3.05) is 26.2 Å². The predicted octanol–water partition coefficient (Wildman–Crippen LogP) is 1.43. The summed E-state index contributed by atoms with van der Waals surface area (Å²) in [6.45, 7) is 4.21. The fourth-order valence-corrected chi connectivity index (χ4v) is 2.22. The normalized spacial score (nSPS) is 22.8. The first-order chi connectivity index (χ1) is 6.90. The minimum atomic E-state index is 0.725. The number of nitrogens with zero attached hydrogens (tertiary/aromatic N) is 1. The van der Waals surface area contributed by atoms with E-state index in [0.717, 1.165) is 19.0 Å². The second-order valence-corrected chi connectivity index (χ2v) is 3.99. The van der Waals surface area contributed by atoms with Gasteiger partial charge in [0.15, 0.2) is 0 Å². The second-order valence-electron chi connectivity index (χ2n) is 3.99. The lowest BCUT2D eigenvalue weighted by molar-refractivity contribution is 0.344. The lowest BCUT2D eigenvalue weighted by Gasteiger charge is -2.14. The van der Waals surface area contributed by atoms with Crippen LogP contribution in [0.15, 0.2) is 30.3 Å². The van der Waals surface area contributed by atoms with Gasteiger partial charge in [0, 0.05) is 19.6 Å². The van der Waals surface area contributed by atoms with Gasteiger partial charge < -0.3 is 10.6 Å². The molecule has 1 heterocycles. The van der Waals surface area contributed by atoms with Gasteiger partial charge in [0.25, 0.3) is 0 Å². The Morgan fingerprint density at radius 1 is 1.29 bits per heavy atom. The molecule has 2 rings (SSSR count). The summed E-state index contributed by atoms with van der Waals surface area (Å²) in [5, 5.41) is 0. The van der Waals surface area contributed by atoms with E-state index in [1.165, 1.54) is 25.1 Å². The zero-order valence-corrected chi connectivity index (χ0v) is 8.52. The van der Waals surface area contributed by atoms with Crippen LogP contribution < -0.4 is 5.73 Å². The average Bonchev–Trinajstić information content (AvgIpc) is 2.68. The number of hydrogen-bond donors (Lipinski definition) is 1. The van der Waals surface area contributed by atoms with Crippen molar-refractivity contribution >= 4 is 0 Å². The van der Waals surface area contributed by atoms with Crippen LogP contribution in [0.4, 0.5) is 0 Å². The van der Waals surface area contributed by atoms with Crippen molar-refractivity contribution < 1.29 is 0 Å². The number of hydrogen-bond acceptors (Lipinski definition) is 2. The van der Waals surface area contributed by atoms with Crippen LogP contribution in [0, 0.1) is 0 Å². The summed E-state index contributed by atoms with van der Waals surface area (Å²) in [6.07, 6.45) is 1.28. The highest BCUT2D eigenvalue weighted by molar-refractivity contribution is 5.20. The van der Waals surface area contributed by atoms with Crippen molar-refractivity contribution in [2.24, 2.45) is 5.73 Å². The molecule has 0 aromatic heterocycles. The van der Waals surface area contributed by atoms with Crippen LogP contribution in [0.25, 0.3) is 0 Å². The molecule has 1 atom stereocenters. The van der Waals surface area contributed by atoms with Gasteiger partial charge in [0.2, 0.25) is 0 Å². The highest BCUT2D eigenvalue weighted by atomic mass is 15.1. The van der Waals surface area contributed by atoms with Crippen LogP contribution >= 0.6 is 0 Å². The molecule has 1 aromatic rings. The van der Waals surface area contributed by atoms with E-state index in [0.29, 0.717) is 0 Å². The van der Waals surface area contributed by atoms with Crippen molar-refractivity contribution in [3.63, 3.8) is 0 Å². The van der Waals surface area contributed by atoms with Crippen molar-refractivity contribution in [1.29, 1.82) is 0 Å². The van der Waals surface area contributed by atoms with Crippen molar-refractivity contribution in [3.8, 4) is 0 Å². The zero-order valence-electron chi connectivity index (χ0n) is 8.52. The van der Waals surface area contributed by atoms with Gasteiger partial charge in [-0.2, -0.15) is 0 Å². The molecule has 1 aromatic carbocycles. The van der Waals surface area contributed by atoms with Gasteiger partial charge in [0.1, 0.15) is 0 Å². The molecule has 2 nitrogen and oxygen atoms in total. The average molecular weight is 190 g/mol. The highest BCUT2D eigenvalue weighted by Crippen LogP contribution is 2.26. The Hall–Kier alpha value is -0.860. The molecule has 2 N–H and O–H groups in total. The van der Waals surface area contributed by atoms with Crippen molar-refractivity contribution in [1.82, 2.24) is 4.90 Å². The SMILES string of the molecule is NCCN1CC[C@H](c2ccccc2)C1. The molecule has 76 valence electrons. The summed E-state index contributed by atoms with van der Waals surface area (Å²) in [5.74, 6) is 0.725. The van der Waals surface area contributed by atoms with Crippen LogP contribution in [0.1, 0.15) is 17.9 Å². The molecule has 1 aliphatic heterocycles. The monoisotopic (exact) mass is 190 g/mol. The quantitative estimate of drug-likeness (QED) is 0.781. The van der Waals surface area contributed by atoms with Crippen molar-refractivity contribution in [2.45, 2.75) is 12.3 Å². The van der Waals surface area contributed by atoms with E-state index in [1.54, 1.807) is 0 Å². The molecule has 0 spiro atoms. The number of likely N-dealkylation sites (tertiary alicyclic amines) is 1. The topological polar surface area (TPSA) is 29.3 Å². The third-order valence-corrected chi connectivity index (χ3v) is 2.99. The Balaban J connectivity index is 1.96. The fourth-order valence-electron chi connectivity index (χ4n) is 2.22. The van der Waals surface area contributed by atoms with E-state index in [-0.39, 0.29) is 0 Å². The minimum absolute atomic E-state index is 0.725. The fraction of sp³-hybridized carbons (Fsp3) is 0.500. The van der Waals surface area contributed by atoms with E-state index in [4.69, 9.17) is 5.73 Å². The third-order valence-electron chi connectivity index (χ3n) is 2.99. The van der Waals surface area contributed by atoms with Crippen LogP contribution in [-0.2, 0) is 0 Å². The first-order valence-electron chi connectivity index (χ1n) is 5.37. The Morgan fingerprint density at radius 3 is 2.79 bits per heavy atom. The molecule has 0 unspecified atom stereocenters. The molecule has 0 aliphatic carbocycles. The molecular formula is C12H18N2. The summed E-state index contributed by atoms with van der Waals surface area (Å²) in [4.78, 5) is 2.46. The molecular weight excluding hydrogens is 172 g/mol. The van der Waals surface area contributed by atoms with Crippen LogP contribution in [0.3, 0.4) is 0 Å². The summed E-state index contributed by atoms with van der Waals surface area (Å²) in [5.41, 5.74) is 7.03. The molecule has 0 radical (unpaired) electrons. The van der Waals surface area contributed by atoms with E-state index in [9.17, 15) is 0 Å². The van der Waals surface area contributed by atoms with E-state index >= 15 is 0 Å². The number of benzene rings is 1. The van der Waals surface area contributed by atoms with Gasteiger partial charge in [-0.25, -0.2) is 0 Å². The van der Waals surface area contributed by atoms with E-state index in [2.05, 4.69) is 35.2 Å². The first-order valence-corrected chi connectivity index (χ1v) is 5.37. The maximum Gasteiger partial charge on any atom is 0.0105 e. The van der Waals surface area contributed by atoms with Gasteiger partial charge >= 0.3 is 0 Å². The van der Waals surface area contributed by atoms with Gasteiger partial charge in [-0.3, -0.25) is 0 Å². The first kappa shape index (κ1) is 9.69. The van der Waals surface area contributed by atoms with Gasteiger partial charge in [-0.1, -0.05) is 30.3 Å². The minimum Gasteiger partial charge on any atom is -0.329 e. The number of rotatable bonds is 3. The molecule has 1 aliphatic rings. The Morgan fingerprint density at radius 2 is 2.07 bits per heavy atom. The predicted molar refractivity (Wildman–Crippen MR) is 59.3 cm³/mol.